The number of carbonyl (C=O) groups is 1. The van der Waals surface area contributed by atoms with Gasteiger partial charge in [0.25, 0.3) is 0 Å². The van der Waals surface area contributed by atoms with Gasteiger partial charge in [0.2, 0.25) is 5.91 Å². The fourth-order valence-corrected chi connectivity index (χ4v) is 1.71. The molecule has 2 aromatic rings. The van der Waals surface area contributed by atoms with E-state index in [1.54, 1.807) is 31.3 Å². The van der Waals surface area contributed by atoms with Crippen molar-refractivity contribution >= 4 is 34.1 Å². The van der Waals surface area contributed by atoms with Crippen LogP contribution in [0.3, 0.4) is 0 Å². The summed E-state index contributed by atoms with van der Waals surface area (Å²) in [5.74, 6) is -0.238. The molecule has 17 heavy (non-hydrogen) atoms. The number of hydrogen-bond acceptors (Lipinski definition) is 3. The second-order valence-electron chi connectivity index (χ2n) is 3.77. The van der Waals surface area contributed by atoms with Crippen LogP contribution in [0.2, 0.25) is 5.02 Å². The van der Waals surface area contributed by atoms with Gasteiger partial charge in [-0.1, -0.05) is 11.6 Å². The van der Waals surface area contributed by atoms with Crippen LogP contribution in [0.25, 0.3) is 10.9 Å². The Bertz CT molecular complexity index is 569. The topological polar surface area (TPSA) is 68.0 Å². The Morgan fingerprint density at radius 1 is 1.47 bits per heavy atom. The second-order valence-corrected chi connectivity index (χ2v) is 4.18. The molecule has 0 bridgehead atoms. The van der Waals surface area contributed by atoms with Gasteiger partial charge in [0, 0.05) is 11.6 Å². The van der Waals surface area contributed by atoms with Crippen molar-refractivity contribution in [3.05, 3.63) is 35.5 Å². The fraction of sp³-hybridized carbons (Fsp3) is 0.167. The van der Waals surface area contributed by atoms with Crippen LogP contribution in [0.4, 0.5) is 5.69 Å². The minimum atomic E-state index is -0.558. The molecule has 3 N–H and O–H groups in total. The van der Waals surface area contributed by atoms with Gasteiger partial charge in [-0.15, -0.1) is 0 Å². The molecule has 5 heteroatoms. The Morgan fingerprint density at radius 2 is 2.24 bits per heavy atom. The fourth-order valence-electron chi connectivity index (χ4n) is 1.49. The highest BCUT2D eigenvalue weighted by atomic mass is 35.5. The summed E-state index contributed by atoms with van der Waals surface area (Å²) in [6.45, 7) is 1.63. The third kappa shape index (κ3) is 2.38. The lowest BCUT2D eigenvalue weighted by Crippen LogP contribution is -2.32. The van der Waals surface area contributed by atoms with Gasteiger partial charge in [-0.25, -0.2) is 0 Å². The van der Waals surface area contributed by atoms with Crippen molar-refractivity contribution in [3.63, 3.8) is 0 Å². The zero-order valence-corrected chi connectivity index (χ0v) is 10.0. The molecule has 1 amide bonds. The van der Waals surface area contributed by atoms with E-state index in [1.807, 2.05) is 6.07 Å². The minimum Gasteiger partial charge on any atom is -0.324 e. The van der Waals surface area contributed by atoms with E-state index >= 15 is 0 Å². The van der Waals surface area contributed by atoms with Crippen LogP contribution < -0.4 is 11.1 Å². The third-order valence-corrected chi connectivity index (χ3v) is 2.70. The quantitative estimate of drug-likeness (QED) is 0.857. The Labute approximate surface area is 104 Å². The molecule has 1 atom stereocenters. The van der Waals surface area contributed by atoms with E-state index in [9.17, 15) is 4.79 Å². The molecule has 0 aliphatic heterocycles. The summed E-state index contributed by atoms with van der Waals surface area (Å²) in [7, 11) is 0. The van der Waals surface area contributed by atoms with Gasteiger partial charge in [-0.05, 0) is 31.2 Å². The molecular weight excluding hydrogens is 238 g/mol. The number of nitrogens with zero attached hydrogens (tertiary/aromatic N) is 1. The van der Waals surface area contributed by atoms with E-state index in [4.69, 9.17) is 17.3 Å². The summed E-state index contributed by atoms with van der Waals surface area (Å²) in [5.41, 5.74) is 6.83. The Morgan fingerprint density at radius 3 is 2.94 bits per heavy atom. The largest absolute Gasteiger partial charge is 0.324 e. The number of carbonyl (C=O) groups excluding carboxylic acids is 1. The summed E-state index contributed by atoms with van der Waals surface area (Å²) in [5, 5.41) is 4.10. The lowest BCUT2D eigenvalue weighted by molar-refractivity contribution is -0.117. The standard InChI is InChI=1S/C12H12ClN3O/c1-7(14)12(17)16-10-5-4-9(13)11-8(10)3-2-6-15-11/h2-7H,14H2,1H3,(H,16,17)/t7-/m0/s1. The predicted octanol–water partition coefficient (Wildman–Crippen LogP) is 2.17. The van der Waals surface area contributed by atoms with Crippen molar-refractivity contribution in [2.75, 3.05) is 5.32 Å². The molecule has 0 aliphatic carbocycles. The first-order chi connectivity index (χ1) is 8.09. The highest BCUT2D eigenvalue weighted by Gasteiger charge is 2.11. The van der Waals surface area contributed by atoms with Crippen LogP contribution in [0, 0.1) is 0 Å². The van der Waals surface area contributed by atoms with Gasteiger partial charge in [0.15, 0.2) is 0 Å². The average Bonchev–Trinajstić information content (AvgIpc) is 2.33. The van der Waals surface area contributed by atoms with E-state index < -0.39 is 6.04 Å². The summed E-state index contributed by atoms with van der Waals surface area (Å²) in [6.07, 6.45) is 1.66. The SMILES string of the molecule is C[C@H](N)C(=O)Nc1ccc(Cl)c2ncccc12. The number of anilines is 1. The molecular formula is C12H12ClN3O. The Kier molecular flexibility index (Phi) is 3.26. The predicted molar refractivity (Wildman–Crippen MR) is 69.0 cm³/mol. The monoisotopic (exact) mass is 249 g/mol. The molecule has 0 aliphatic rings. The van der Waals surface area contributed by atoms with Crippen LogP contribution >= 0.6 is 11.6 Å². The number of nitrogens with one attached hydrogen (secondary N) is 1. The van der Waals surface area contributed by atoms with Crippen molar-refractivity contribution < 1.29 is 4.79 Å². The first-order valence-electron chi connectivity index (χ1n) is 5.19. The molecule has 0 radical (unpaired) electrons. The smallest absolute Gasteiger partial charge is 0.241 e. The van der Waals surface area contributed by atoms with E-state index in [0.717, 1.165) is 5.39 Å². The summed E-state index contributed by atoms with van der Waals surface area (Å²) in [6, 6.07) is 6.53. The maximum absolute atomic E-state index is 11.6. The van der Waals surface area contributed by atoms with E-state index in [2.05, 4.69) is 10.3 Å². The lowest BCUT2D eigenvalue weighted by atomic mass is 10.1. The molecule has 0 saturated carbocycles. The first kappa shape index (κ1) is 11.8. The van der Waals surface area contributed by atoms with Crippen LogP contribution in [0.5, 0.6) is 0 Å². The lowest BCUT2D eigenvalue weighted by Gasteiger charge is -2.10. The molecule has 0 fully saturated rings. The van der Waals surface area contributed by atoms with Crippen molar-refractivity contribution in [2.24, 2.45) is 5.73 Å². The van der Waals surface area contributed by atoms with Crippen molar-refractivity contribution in [2.45, 2.75) is 13.0 Å². The second kappa shape index (κ2) is 4.69. The number of fused-ring (bicyclic) bond motifs is 1. The number of benzene rings is 1. The number of aromatic nitrogens is 1. The molecule has 1 aromatic heterocycles. The number of hydrogen-bond donors (Lipinski definition) is 2. The zero-order valence-electron chi connectivity index (χ0n) is 9.27. The average molecular weight is 250 g/mol. The molecule has 88 valence electrons. The van der Waals surface area contributed by atoms with Gasteiger partial charge >= 0.3 is 0 Å². The van der Waals surface area contributed by atoms with Crippen molar-refractivity contribution in [3.8, 4) is 0 Å². The summed E-state index contributed by atoms with van der Waals surface area (Å²) < 4.78 is 0. The molecule has 2 rings (SSSR count). The minimum absolute atomic E-state index is 0.238. The van der Waals surface area contributed by atoms with E-state index in [0.29, 0.717) is 16.2 Å². The maximum atomic E-state index is 11.6. The number of amides is 1. The van der Waals surface area contributed by atoms with Crippen LogP contribution in [0.1, 0.15) is 6.92 Å². The number of nitrogens with two attached hydrogens (primary N) is 1. The van der Waals surface area contributed by atoms with Crippen molar-refractivity contribution in [1.29, 1.82) is 0 Å². The van der Waals surface area contributed by atoms with Gasteiger partial charge in [0.05, 0.1) is 22.3 Å². The molecule has 4 nitrogen and oxygen atoms in total. The van der Waals surface area contributed by atoms with Crippen LogP contribution in [0.15, 0.2) is 30.5 Å². The van der Waals surface area contributed by atoms with Gasteiger partial charge in [0.1, 0.15) is 0 Å². The van der Waals surface area contributed by atoms with E-state index in [1.165, 1.54) is 0 Å². The van der Waals surface area contributed by atoms with Crippen LogP contribution in [-0.4, -0.2) is 16.9 Å². The third-order valence-electron chi connectivity index (χ3n) is 2.39. The maximum Gasteiger partial charge on any atom is 0.241 e. The van der Waals surface area contributed by atoms with Gasteiger partial charge in [-0.3, -0.25) is 9.78 Å². The van der Waals surface area contributed by atoms with Crippen LogP contribution in [-0.2, 0) is 4.79 Å². The molecule has 0 saturated heterocycles. The van der Waals surface area contributed by atoms with E-state index in [-0.39, 0.29) is 5.91 Å². The first-order valence-corrected chi connectivity index (χ1v) is 5.57. The highest BCUT2D eigenvalue weighted by Crippen LogP contribution is 2.27. The molecule has 0 spiro atoms. The van der Waals surface area contributed by atoms with Crippen molar-refractivity contribution in [1.82, 2.24) is 4.98 Å². The molecule has 1 aromatic carbocycles. The number of halogens is 1. The summed E-state index contributed by atoms with van der Waals surface area (Å²) >= 11 is 6.03. The Hall–Kier alpha value is -1.65. The Balaban J connectivity index is 2.48. The normalized spacial score (nSPS) is 12.4. The van der Waals surface area contributed by atoms with Gasteiger partial charge < -0.3 is 11.1 Å². The molecule has 0 unspecified atom stereocenters. The summed E-state index contributed by atoms with van der Waals surface area (Å²) in [4.78, 5) is 15.7. The number of pyridine rings is 1. The zero-order chi connectivity index (χ0) is 12.4. The number of rotatable bonds is 2. The van der Waals surface area contributed by atoms with Gasteiger partial charge in [-0.2, -0.15) is 0 Å². The molecule has 1 heterocycles. The highest BCUT2D eigenvalue weighted by molar-refractivity contribution is 6.35.